The third-order valence-corrected chi connectivity index (χ3v) is 3.85. The Kier molecular flexibility index (Phi) is 6.21. The largest absolute Gasteiger partial charge is 0.496 e. The van der Waals surface area contributed by atoms with Crippen molar-refractivity contribution in [2.45, 2.75) is 38.8 Å². The molecule has 4 heteroatoms. The third kappa shape index (κ3) is 4.55. The number of hydrogen-bond acceptors (Lipinski definition) is 4. The van der Waals surface area contributed by atoms with Crippen LogP contribution >= 0.6 is 0 Å². The quantitative estimate of drug-likeness (QED) is 0.724. The van der Waals surface area contributed by atoms with Gasteiger partial charge in [0.1, 0.15) is 12.0 Å². The average molecular weight is 291 g/mol. The van der Waals surface area contributed by atoms with Crippen molar-refractivity contribution >= 4 is 6.29 Å². The summed E-state index contributed by atoms with van der Waals surface area (Å²) >= 11 is 0. The second-order valence-electron chi connectivity index (χ2n) is 5.56. The summed E-state index contributed by atoms with van der Waals surface area (Å²) in [5.74, 6) is 0.845. The lowest BCUT2D eigenvalue weighted by Crippen LogP contribution is -2.39. The number of hydrogen-bond donors (Lipinski definition) is 0. The maximum absolute atomic E-state index is 10.9. The van der Waals surface area contributed by atoms with Crippen LogP contribution in [-0.2, 0) is 11.3 Å². The van der Waals surface area contributed by atoms with Crippen molar-refractivity contribution in [2.24, 2.45) is 0 Å². The molecule has 0 bridgehead atoms. The molecule has 0 aliphatic carbocycles. The van der Waals surface area contributed by atoms with Gasteiger partial charge in [-0.05, 0) is 44.0 Å². The van der Waals surface area contributed by atoms with Crippen LogP contribution in [0.25, 0.3) is 0 Å². The molecule has 1 heterocycles. The minimum absolute atomic E-state index is 0.332. The summed E-state index contributed by atoms with van der Waals surface area (Å²) in [4.78, 5) is 13.3. The van der Waals surface area contributed by atoms with Crippen molar-refractivity contribution in [1.82, 2.24) is 4.90 Å². The van der Waals surface area contributed by atoms with Crippen LogP contribution in [0, 0.1) is 0 Å². The molecular formula is C17H25NO3. The predicted octanol–water partition coefficient (Wildman–Crippen LogP) is 2.90. The van der Waals surface area contributed by atoms with Crippen LogP contribution in [-0.4, -0.2) is 44.1 Å². The standard InChI is InChI=1S/C17H25NO3/c1-3-9-21-16-5-4-8-18(12-16)11-15-10-14(13-19)6-7-17(15)20-2/h6-7,10,13,16H,3-5,8-9,11-12H2,1-2H3. The molecule has 1 aromatic rings. The van der Waals surface area contributed by atoms with E-state index in [1.807, 2.05) is 12.1 Å². The maximum atomic E-state index is 10.9. The Morgan fingerprint density at radius 3 is 3.00 bits per heavy atom. The second-order valence-corrected chi connectivity index (χ2v) is 5.56. The summed E-state index contributed by atoms with van der Waals surface area (Å²) < 4.78 is 11.3. The average Bonchev–Trinajstić information content (AvgIpc) is 2.53. The van der Waals surface area contributed by atoms with Crippen LogP contribution < -0.4 is 4.74 Å². The monoisotopic (exact) mass is 291 g/mol. The topological polar surface area (TPSA) is 38.8 Å². The van der Waals surface area contributed by atoms with Gasteiger partial charge >= 0.3 is 0 Å². The van der Waals surface area contributed by atoms with Crippen molar-refractivity contribution in [3.63, 3.8) is 0 Å². The van der Waals surface area contributed by atoms with E-state index in [-0.39, 0.29) is 0 Å². The Bertz CT molecular complexity index is 461. The molecule has 2 rings (SSSR count). The third-order valence-electron chi connectivity index (χ3n) is 3.85. The summed E-state index contributed by atoms with van der Waals surface area (Å²) in [6.07, 6.45) is 4.57. The zero-order valence-corrected chi connectivity index (χ0v) is 13.0. The van der Waals surface area contributed by atoms with E-state index in [4.69, 9.17) is 9.47 Å². The van der Waals surface area contributed by atoms with E-state index in [1.165, 1.54) is 0 Å². The number of piperidine rings is 1. The van der Waals surface area contributed by atoms with Gasteiger partial charge in [0.05, 0.1) is 13.2 Å². The Morgan fingerprint density at radius 1 is 1.43 bits per heavy atom. The van der Waals surface area contributed by atoms with Gasteiger partial charge in [-0.1, -0.05) is 6.92 Å². The van der Waals surface area contributed by atoms with E-state index in [2.05, 4.69) is 11.8 Å². The number of ether oxygens (including phenoxy) is 2. The molecule has 21 heavy (non-hydrogen) atoms. The number of methoxy groups -OCH3 is 1. The molecule has 0 amide bonds. The van der Waals surface area contributed by atoms with E-state index in [9.17, 15) is 4.79 Å². The first kappa shape index (κ1) is 16.0. The smallest absolute Gasteiger partial charge is 0.150 e. The summed E-state index contributed by atoms with van der Waals surface area (Å²) in [7, 11) is 1.67. The maximum Gasteiger partial charge on any atom is 0.150 e. The predicted molar refractivity (Wildman–Crippen MR) is 82.9 cm³/mol. The van der Waals surface area contributed by atoms with Gasteiger partial charge in [0.2, 0.25) is 0 Å². The van der Waals surface area contributed by atoms with Crippen molar-refractivity contribution in [1.29, 1.82) is 0 Å². The zero-order valence-electron chi connectivity index (χ0n) is 13.0. The Balaban J connectivity index is 2.01. The molecule has 1 aliphatic rings. The van der Waals surface area contributed by atoms with Crippen LogP contribution in [0.2, 0.25) is 0 Å². The number of benzene rings is 1. The number of likely N-dealkylation sites (tertiary alicyclic amines) is 1. The number of carbonyl (C=O) groups is 1. The van der Waals surface area contributed by atoms with Crippen LogP contribution in [0.5, 0.6) is 5.75 Å². The highest BCUT2D eigenvalue weighted by Crippen LogP contribution is 2.23. The normalized spacial score (nSPS) is 19.4. The van der Waals surface area contributed by atoms with Crippen LogP contribution in [0.3, 0.4) is 0 Å². The molecular weight excluding hydrogens is 266 g/mol. The first-order valence-corrected chi connectivity index (χ1v) is 7.73. The summed E-state index contributed by atoms with van der Waals surface area (Å²) in [5, 5.41) is 0. The number of carbonyl (C=O) groups excluding carboxylic acids is 1. The summed E-state index contributed by atoms with van der Waals surface area (Å²) in [5.41, 5.74) is 1.76. The Morgan fingerprint density at radius 2 is 2.29 bits per heavy atom. The first-order valence-electron chi connectivity index (χ1n) is 7.73. The van der Waals surface area contributed by atoms with Gasteiger partial charge in [0.25, 0.3) is 0 Å². The lowest BCUT2D eigenvalue weighted by molar-refractivity contribution is -0.00238. The number of nitrogens with zero attached hydrogens (tertiary/aromatic N) is 1. The number of aldehydes is 1. The van der Waals surface area contributed by atoms with E-state index in [1.54, 1.807) is 13.2 Å². The molecule has 116 valence electrons. The fraction of sp³-hybridized carbons (Fsp3) is 0.588. The zero-order chi connectivity index (χ0) is 15.1. The SMILES string of the molecule is CCCOC1CCCN(Cc2cc(C=O)ccc2OC)C1. The molecule has 1 aliphatic heterocycles. The van der Waals surface area contributed by atoms with Crippen LogP contribution in [0.1, 0.15) is 42.1 Å². The fourth-order valence-corrected chi connectivity index (χ4v) is 2.81. The van der Waals surface area contributed by atoms with E-state index in [0.717, 1.165) is 63.1 Å². The highest BCUT2D eigenvalue weighted by atomic mass is 16.5. The van der Waals surface area contributed by atoms with E-state index >= 15 is 0 Å². The molecule has 0 saturated carbocycles. The fourth-order valence-electron chi connectivity index (χ4n) is 2.81. The molecule has 1 fully saturated rings. The van der Waals surface area contributed by atoms with Crippen LogP contribution in [0.15, 0.2) is 18.2 Å². The molecule has 1 aromatic carbocycles. The minimum atomic E-state index is 0.332. The van der Waals surface area contributed by atoms with Crippen molar-refractivity contribution in [3.05, 3.63) is 29.3 Å². The Hall–Kier alpha value is -1.39. The highest BCUT2D eigenvalue weighted by molar-refractivity contribution is 5.75. The van der Waals surface area contributed by atoms with Gasteiger partial charge < -0.3 is 9.47 Å². The van der Waals surface area contributed by atoms with Gasteiger partial charge in [-0.25, -0.2) is 0 Å². The Labute approximate surface area is 127 Å². The lowest BCUT2D eigenvalue weighted by atomic mass is 10.1. The molecule has 0 spiro atoms. The second kappa shape index (κ2) is 8.15. The first-order chi connectivity index (χ1) is 10.3. The van der Waals surface area contributed by atoms with Gasteiger partial charge in [0.15, 0.2) is 0 Å². The van der Waals surface area contributed by atoms with Crippen LogP contribution in [0.4, 0.5) is 0 Å². The molecule has 1 unspecified atom stereocenters. The summed E-state index contributed by atoms with van der Waals surface area (Å²) in [6.45, 7) is 5.80. The molecule has 0 aromatic heterocycles. The molecule has 1 atom stereocenters. The highest BCUT2D eigenvalue weighted by Gasteiger charge is 2.21. The number of rotatable bonds is 7. The van der Waals surface area contributed by atoms with E-state index < -0.39 is 0 Å². The molecule has 4 nitrogen and oxygen atoms in total. The van der Waals surface area contributed by atoms with E-state index in [0.29, 0.717) is 11.7 Å². The van der Waals surface area contributed by atoms with Crippen molar-refractivity contribution < 1.29 is 14.3 Å². The summed E-state index contributed by atoms with van der Waals surface area (Å²) in [6, 6.07) is 5.58. The van der Waals surface area contributed by atoms with Gasteiger partial charge in [-0.15, -0.1) is 0 Å². The van der Waals surface area contributed by atoms with Crippen molar-refractivity contribution in [3.8, 4) is 5.75 Å². The molecule has 0 N–H and O–H groups in total. The minimum Gasteiger partial charge on any atom is -0.496 e. The van der Waals surface area contributed by atoms with Gasteiger partial charge in [0, 0.05) is 30.8 Å². The molecule has 1 saturated heterocycles. The molecule has 0 radical (unpaired) electrons. The lowest BCUT2D eigenvalue weighted by Gasteiger charge is -2.33. The van der Waals surface area contributed by atoms with Gasteiger partial charge in [-0.3, -0.25) is 9.69 Å². The van der Waals surface area contributed by atoms with Crippen molar-refractivity contribution in [2.75, 3.05) is 26.8 Å². The van der Waals surface area contributed by atoms with Gasteiger partial charge in [-0.2, -0.15) is 0 Å².